The fourth-order valence-corrected chi connectivity index (χ4v) is 0.739. The van der Waals surface area contributed by atoms with Gasteiger partial charge in [0, 0.05) is 6.42 Å². The number of aliphatic hydroxyl groups excluding tert-OH is 2. The van der Waals surface area contributed by atoms with Crippen molar-refractivity contribution in [2.75, 3.05) is 6.61 Å². The minimum absolute atomic E-state index is 0.167. The Balaban J connectivity index is 2.44. The Morgan fingerprint density at radius 1 is 1.56 bits per heavy atom. The molecule has 0 aliphatic carbocycles. The normalized spacial score (nSPS) is 36.9. The molecular weight excluding hydrogens is 120 g/mol. The highest BCUT2D eigenvalue weighted by Crippen LogP contribution is 2.15. The molecule has 1 fully saturated rings. The van der Waals surface area contributed by atoms with Crippen molar-refractivity contribution in [2.24, 2.45) is 0 Å². The average Bonchev–Trinajstić information content (AvgIpc) is 1.80. The zero-order valence-electron chi connectivity index (χ0n) is 5.08. The second-order valence-electron chi connectivity index (χ2n) is 2.17. The first kappa shape index (κ1) is 6.74. The third kappa shape index (κ3) is 1.51. The van der Waals surface area contributed by atoms with Gasteiger partial charge < -0.3 is 14.9 Å². The van der Waals surface area contributed by atoms with Crippen LogP contribution in [0.2, 0.25) is 0 Å². The van der Waals surface area contributed by atoms with Crippen molar-refractivity contribution in [3.8, 4) is 0 Å². The van der Waals surface area contributed by atoms with Gasteiger partial charge in [0.05, 0.1) is 12.7 Å². The third-order valence-corrected chi connectivity index (χ3v) is 1.35. The molecule has 0 aromatic heterocycles. The molecule has 3 heteroatoms. The van der Waals surface area contributed by atoms with Crippen molar-refractivity contribution in [1.29, 1.82) is 0 Å². The van der Waals surface area contributed by atoms with Gasteiger partial charge in [-0.15, -0.1) is 0 Å². The Kier molecular flexibility index (Phi) is 1.85. The summed E-state index contributed by atoms with van der Waals surface area (Å²) in [6, 6.07) is 0. The summed E-state index contributed by atoms with van der Waals surface area (Å²) in [5.74, 6) is 0. The Labute approximate surface area is 53.6 Å². The van der Waals surface area contributed by atoms with Gasteiger partial charge in [-0.2, -0.15) is 0 Å². The first-order valence-corrected chi connectivity index (χ1v) is 2.85. The van der Waals surface area contributed by atoms with Crippen LogP contribution in [0.25, 0.3) is 0 Å². The van der Waals surface area contributed by atoms with E-state index >= 15 is 0 Å². The maximum atomic E-state index is 8.96. The van der Waals surface area contributed by atoms with Crippen LogP contribution in [-0.4, -0.2) is 29.2 Å². The number of aliphatic hydroxyl groups is 2. The van der Waals surface area contributed by atoms with Crippen LogP contribution in [0.4, 0.5) is 0 Å². The maximum Gasteiger partial charge on any atom is 0.158 e. The molecule has 0 spiro atoms. The second-order valence-corrected chi connectivity index (χ2v) is 2.17. The molecule has 9 heavy (non-hydrogen) atoms. The molecule has 0 aromatic rings. The Hall–Kier alpha value is -0.380. The maximum absolute atomic E-state index is 8.96. The van der Waals surface area contributed by atoms with E-state index in [1.807, 2.05) is 0 Å². The van der Waals surface area contributed by atoms with Crippen LogP contribution in [-0.2, 0) is 4.74 Å². The smallest absolute Gasteiger partial charge is 0.158 e. The van der Waals surface area contributed by atoms with E-state index in [-0.39, 0.29) is 6.61 Å². The first-order chi connectivity index (χ1) is 4.20. The van der Waals surface area contributed by atoms with E-state index < -0.39 is 12.4 Å². The second kappa shape index (κ2) is 2.47. The summed E-state index contributed by atoms with van der Waals surface area (Å²) >= 11 is 0. The highest BCUT2D eigenvalue weighted by molar-refractivity contribution is 5.04. The Bertz CT molecular complexity index is 121. The summed E-state index contributed by atoms with van der Waals surface area (Å²) in [4.78, 5) is 0. The Morgan fingerprint density at radius 3 is 2.67 bits per heavy atom. The molecule has 1 saturated heterocycles. The molecule has 52 valence electrons. The summed E-state index contributed by atoms with van der Waals surface area (Å²) < 4.78 is 4.71. The van der Waals surface area contributed by atoms with Crippen LogP contribution < -0.4 is 0 Å². The first-order valence-electron chi connectivity index (χ1n) is 2.85. The molecule has 2 N–H and O–H groups in total. The highest BCUT2D eigenvalue weighted by atomic mass is 16.6. The van der Waals surface area contributed by atoms with Crippen molar-refractivity contribution < 1.29 is 14.9 Å². The van der Waals surface area contributed by atoms with Crippen LogP contribution in [0.15, 0.2) is 12.2 Å². The molecule has 1 heterocycles. The quantitative estimate of drug-likeness (QED) is 0.440. The molecule has 1 rings (SSSR count). The van der Waals surface area contributed by atoms with E-state index in [0.717, 1.165) is 0 Å². The van der Waals surface area contributed by atoms with E-state index in [1.165, 1.54) is 0 Å². The van der Waals surface area contributed by atoms with E-state index in [0.29, 0.717) is 12.0 Å². The molecule has 2 atom stereocenters. The summed E-state index contributed by atoms with van der Waals surface area (Å²) in [5, 5.41) is 17.8. The number of rotatable bonds is 0. The van der Waals surface area contributed by atoms with Crippen LogP contribution in [0.3, 0.4) is 0 Å². The zero-order chi connectivity index (χ0) is 6.85. The van der Waals surface area contributed by atoms with Crippen molar-refractivity contribution >= 4 is 0 Å². The molecule has 0 amide bonds. The number of hydrogen-bond acceptors (Lipinski definition) is 3. The molecule has 0 saturated carbocycles. The molecule has 0 radical (unpaired) electrons. The van der Waals surface area contributed by atoms with Gasteiger partial charge in [-0.3, -0.25) is 0 Å². The average molecular weight is 130 g/mol. The van der Waals surface area contributed by atoms with Crippen LogP contribution in [0.1, 0.15) is 6.42 Å². The molecular formula is C6H10O3. The van der Waals surface area contributed by atoms with Gasteiger partial charge in [0.15, 0.2) is 6.29 Å². The van der Waals surface area contributed by atoms with Gasteiger partial charge in [-0.25, -0.2) is 0 Å². The Morgan fingerprint density at radius 2 is 2.22 bits per heavy atom. The van der Waals surface area contributed by atoms with Gasteiger partial charge >= 0.3 is 0 Å². The SMILES string of the molecule is C=C1C[C@H](O)OC[C@H]1O. The lowest BCUT2D eigenvalue weighted by Gasteiger charge is -2.24. The predicted octanol–water partition coefficient (Wildman–Crippen LogP) is -0.358. The predicted molar refractivity (Wildman–Crippen MR) is 31.7 cm³/mol. The van der Waals surface area contributed by atoms with E-state index in [9.17, 15) is 0 Å². The molecule has 1 aliphatic heterocycles. The monoisotopic (exact) mass is 130 g/mol. The lowest BCUT2D eigenvalue weighted by Crippen LogP contribution is -2.30. The molecule has 1 aliphatic rings. The molecule has 3 nitrogen and oxygen atoms in total. The minimum atomic E-state index is -0.763. The van der Waals surface area contributed by atoms with E-state index in [1.54, 1.807) is 0 Å². The van der Waals surface area contributed by atoms with Crippen molar-refractivity contribution in [2.45, 2.75) is 18.8 Å². The summed E-state index contributed by atoms with van der Waals surface area (Å²) in [6.45, 7) is 3.72. The van der Waals surface area contributed by atoms with Crippen LogP contribution >= 0.6 is 0 Å². The number of ether oxygens (including phenoxy) is 1. The minimum Gasteiger partial charge on any atom is -0.386 e. The summed E-state index contributed by atoms with van der Waals surface area (Å²) in [6.07, 6.45) is -1.00. The van der Waals surface area contributed by atoms with Crippen molar-refractivity contribution in [3.05, 3.63) is 12.2 Å². The van der Waals surface area contributed by atoms with Gasteiger partial charge in [-0.05, 0) is 5.57 Å². The topological polar surface area (TPSA) is 49.7 Å². The highest BCUT2D eigenvalue weighted by Gasteiger charge is 2.20. The molecule has 0 bridgehead atoms. The lowest BCUT2D eigenvalue weighted by atomic mass is 10.1. The fourth-order valence-electron chi connectivity index (χ4n) is 0.739. The summed E-state index contributed by atoms with van der Waals surface area (Å²) in [5.41, 5.74) is 0.647. The van der Waals surface area contributed by atoms with Gasteiger partial charge in [0.2, 0.25) is 0 Å². The van der Waals surface area contributed by atoms with Crippen LogP contribution in [0.5, 0.6) is 0 Å². The third-order valence-electron chi connectivity index (χ3n) is 1.35. The molecule has 0 aromatic carbocycles. The fraction of sp³-hybridized carbons (Fsp3) is 0.667. The zero-order valence-corrected chi connectivity index (χ0v) is 5.08. The lowest BCUT2D eigenvalue weighted by molar-refractivity contribution is -0.136. The standard InChI is InChI=1S/C6H10O3/c1-4-2-6(8)9-3-5(4)7/h5-8H,1-3H2/t5-,6-/m1/s1. The van der Waals surface area contributed by atoms with Crippen LogP contribution in [0, 0.1) is 0 Å². The molecule has 0 unspecified atom stereocenters. The van der Waals surface area contributed by atoms with Crippen molar-refractivity contribution in [3.63, 3.8) is 0 Å². The van der Waals surface area contributed by atoms with Crippen molar-refractivity contribution in [1.82, 2.24) is 0 Å². The van der Waals surface area contributed by atoms with E-state index in [4.69, 9.17) is 14.9 Å². The van der Waals surface area contributed by atoms with E-state index in [2.05, 4.69) is 6.58 Å². The number of hydrogen-bond donors (Lipinski definition) is 2. The largest absolute Gasteiger partial charge is 0.386 e. The van der Waals surface area contributed by atoms with Gasteiger partial charge in [-0.1, -0.05) is 6.58 Å². The summed E-state index contributed by atoms with van der Waals surface area (Å²) in [7, 11) is 0. The van der Waals surface area contributed by atoms with Gasteiger partial charge in [0.1, 0.15) is 0 Å². The van der Waals surface area contributed by atoms with Gasteiger partial charge in [0.25, 0.3) is 0 Å².